The second kappa shape index (κ2) is 2.38. The van der Waals surface area contributed by atoms with Crippen molar-refractivity contribution in [3.63, 3.8) is 0 Å². The molecule has 0 aromatic carbocycles. The Labute approximate surface area is 64.5 Å². The van der Waals surface area contributed by atoms with Crippen LogP contribution in [0.25, 0.3) is 0 Å². The van der Waals surface area contributed by atoms with Crippen LogP contribution in [0.1, 0.15) is 26.7 Å². The maximum absolute atomic E-state index is 2.46. The first kappa shape index (κ1) is 6.59. The highest BCUT2D eigenvalue weighted by molar-refractivity contribution is 14.1. The monoisotopic (exact) mass is 222 g/mol. The molecule has 0 saturated carbocycles. The third kappa shape index (κ3) is 1.07. The van der Waals surface area contributed by atoms with Crippen molar-refractivity contribution in [1.29, 1.82) is 0 Å². The highest BCUT2D eigenvalue weighted by Gasteiger charge is 2.15. The van der Waals surface area contributed by atoms with E-state index < -0.39 is 0 Å². The predicted molar refractivity (Wildman–Crippen MR) is 45.1 cm³/mol. The topological polar surface area (TPSA) is 0 Å². The van der Waals surface area contributed by atoms with Crippen molar-refractivity contribution in [2.24, 2.45) is 5.92 Å². The molecule has 8 heavy (non-hydrogen) atoms. The second-order valence-electron chi connectivity index (χ2n) is 2.57. The maximum atomic E-state index is 2.46. The SMILES string of the molecule is CC1=C(I)C(C)CC1. The third-order valence-corrected chi connectivity index (χ3v) is 3.78. The standard InChI is InChI=1S/C7H11I/c1-5-3-4-6(2)7(5)8/h5H,3-4H2,1-2H3. The molecule has 0 radical (unpaired) electrons. The normalized spacial score (nSPS) is 29.6. The van der Waals surface area contributed by atoms with Crippen molar-refractivity contribution in [2.75, 3.05) is 0 Å². The van der Waals surface area contributed by atoms with E-state index >= 15 is 0 Å². The van der Waals surface area contributed by atoms with E-state index in [4.69, 9.17) is 0 Å². The minimum absolute atomic E-state index is 0.857. The van der Waals surface area contributed by atoms with Gasteiger partial charge in [-0.2, -0.15) is 0 Å². The Kier molecular flexibility index (Phi) is 1.96. The average Bonchev–Trinajstić information content (AvgIpc) is 1.98. The van der Waals surface area contributed by atoms with Gasteiger partial charge >= 0.3 is 0 Å². The highest BCUT2D eigenvalue weighted by Crippen LogP contribution is 2.35. The lowest BCUT2D eigenvalue weighted by molar-refractivity contribution is 0.695. The summed E-state index contributed by atoms with van der Waals surface area (Å²) in [5, 5.41) is 0. The van der Waals surface area contributed by atoms with Gasteiger partial charge in [0.15, 0.2) is 0 Å². The Bertz CT molecular complexity index is 124. The molecule has 1 aliphatic rings. The number of rotatable bonds is 0. The molecule has 0 nitrogen and oxygen atoms in total. The van der Waals surface area contributed by atoms with Crippen LogP contribution >= 0.6 is 22.6 Å². The van der Waals surface area contributed by atoms with Gasteiger partial charge in [-0.15, -0.1) is 0 Å². The van der Waals surface area contributed by atoms with Gasteiger partial charge in [0.25, 0.3) is 0 Å². The minimum Gasteiger partial charge on any atom is -0.0638 e. The quantitative estimate of drug-likeness (QED) is 0.552. The molecule has 0 spiro atoms. The minimum atomic E-state index is 0.857. The van der Waals surface area contributed by atoms with E-state index in [-0.39, 0.29) is 0 Å². The average molecular weight is 222 g/mol. The van der Waals surface area contributed by atoms with Gasteiger partial charge in [0.05, 0.1) is 0 Å². The zero-order valence-electron chi connectivity index (χ0n) is 5.37. The van der Waals surface area contributed by atoms with Crippen LogP contribution in [0.15, 0.2) is 9.15 Å². The van der Waals surface area contributed by atoms with E-state index in [2.05, 4.69) is 36.4 Å². The lowest BCUT2D eigenvalue weighted by Gasteiger charge is -1.97. The number of hydrogen-bond acceptors (Lipinski definition) is 0. The van der Waals surface area contributed by atoms with Crippen LogP contribution in [0.3, 0.4) is 0 Å². The Hall–Kier alpha value is 0.470. The Balaban J connectivity index is 2.71. The zero-order valence-corrected chi connectivity index (χ0v) is 7.53. The molecule has 0 fully saturated rings. The predicted octanol–water partition coefficient (Wildman–Crippen LogP) is 3.13. The van der Waals surface area contributed by atoms with Crippen molar-refractivity contribution in [3.8, 4) is 0 Å². The Morgan fingerprint density at radius 1 is 1.62 bits per heavy atom. The number of hydrogen-bond donors (Lipinski definition) is 0. The van der Waals surface area contributed by atoms with Gasteiger partial charge in [0, 0.05) is 0 Å². The molecule has 0 heterocycles. The first-order chi connectivity index (χ1) is 3.72. The van der Waals surface area contributed by atoms with Crippen LogP contribution in [-0.4, -0.2) is 0 Å². The molecule has 0 amide bonds. The number of halogens is 1. The molecule has 0 aliphatic heterocycles. The molecule has 0 saturated heterocycles. The Morgan fingerprint density at radius 3 is 2.38 bits per heavy atom. The summed E-state index contributed by atoms with van der Waals surface area (Å²) in [6, 6.07) is 0. The van der Waals surface area contributed by atoms with Crippen LogP contribution in [0, 0.1) is 5.92 Å². The molecular weight excluding hydrogens is 211 g/mol. The molecule has 1 unspecified atom stereocenters. The summed E-state index contributed by atoms with van der Waals surface area (Å²) < 4.78 is 1.60. The van der Waals surface area contributed by atoms with E-state index in [0.29, 0.717) is 0 Å². The summed E-state index contributed by atoms with van der Waals surface area (Å²) in [5.74, 6) is 0.857. The van der Waals surface area contributed by atoms with Crippen molar-refractivity contribution < 1.29 is 0 Å². The highest BCUT2D eigenvalue weighted by atomic mass is 127. The summed E-state index contributed by atoms with van der Waals surface area (Å²) in [5.41, 5.74) is 1.61. The van der Waals surface area contributed by atoms with Crippen LogP contribution in [0.4, 0.5) is 0 Å². The summed E-state index contributed by atoms with van der Waals surface area (Å²) in [4.78, 5) is 0. The molecule has 0 bridgehead atoms. The van der Waals surface area contributed by atoms with Gasteiger partial charge in [0.2, 0.25) is 0 Å². The fourth-order valence-electron chi connectivity index (χ4n) is 1.10. The number of allylic oxidation sites excluding steroid dienone is 2. The molecule has 0 aromatic rings. The zero-order chi connectivity index (χ0) is 6.15. The molecule has 1 rings (SSSR count). The van der Waals surface area contributed by atoms with Crippen LogP contribution in [0.5, 0.6) is 0 Å². The first-order valence-electron chi connectivity index (χ1n) is 3.07. The van der Waals surface area contributed by atoms with E-state index in [1.165, 1.54) is 12.8 Å². The lowest BCUT2D eigenvalue weighted by atomic mass is 10.2. The van der Waals surface area contributed by atoms with Gasteiger partial charge in [-0.05, 0) is 51.9 Å². The van der Waals surface area contributed by atoms with Crippen molar-refractivity contribution in [2.45, 2.75) is 26.7 Å². The maximum Gasteiger partial charge on any atom is -0.00765 e. The fraction of sp³-hybridized carbons (Fsp3) is 0.714. The van der Waals surface area contributed by atoms with Gasteiger partial charge < -0.3 is 0 Å². The molecule has 0 aromatic heterocycles. The summed E-state index contributed by atoms with van der Waals surface area (Å²) in [7, 11) is 0. The molecular formula is C7H11I. The fourth-order valence-corrected chi connectivity index (χ4v) is 1.68. The van der Waals surface area contributed by atoms with Crippen molar-refractivity contribution in [1.82, 2.24) is 0 Å². The first-order valence-corrected chi connectivity index (χ1v) is 4.15. The van der Waals surface area contributed by atoms with Gasteiger partial charge in [-0.3, -0.25) is 0 Å². The summed E-state index contributed by atoms with van der Waals surface area (Å²) in [6.07, 6.45) is 2.71. The molecule has 1 atom stereocenters. The van der Waals surface area contributed by atoms with Gasteiger partial charge in [-0.25, -0.2) is 0 Å². The third-order valence-electron chi connectivity index (χ3n) is 1.79. The van der Waals surface area contributed by atoms with Crippen LogP contribution in [-0.2, 0) is 0 Å². The van der Waals surface area contributed by atoms with E-state index in [0.717, 1.165) is 5.92 Å². The van der Waals surface area contributed by atoms with E-state index in [9.17, 15) is 0 Å². The van der Waals surface area contributed by atoms with Crippen LogP contribution in [0.2, 0.25) is 0 Å². The second-order valence-corrected chi connectivity index (χ2v) is 3.73. The van der Waals surface area contributed by atoms with E-state index in [1.54, 1.807) is 9.15 Å². The summed E-state index contributed by atoms with van der Waals surface area (Å²) >= 11 is 2.46. The van der Waals surface area contributed by atoms with E-state index in [1.807, 2.05) is 0 Å². The van der Waals surface area contributed by atoms with Crippen molar-refractivity contribution >= 4 is 22.6 Å². The molecule has 46 valence electrons. The van der Waals surface area contributed by atoms with Crippen molar-refractivity contribution in [3.05, 3.63) is 9.15 Å². The smallest absolute Gasteiger partial charge is 0.00765 e. The Morgan fingerprint density at radius 2 is 2.25 bits per heavy atom. The van der Waals surface area contributed by atoms with Gasteiger partial charge in [-0.1, -0.05) is 12.5 Å². The lowest BCUT2D eigenvalue weighted by Crippen LogP contribution is -1.83. The summed E-state index contributed by atoms with van der Waals surface area (Å²) in [6.45, 7) is 4.55. The molecule has 1 aliphatic carbocycles. The van der Waals surface area contributed by atoms with Gasteiger partial charge in [0.1, 0.15) is 0 Å². The molecule has 1 heteroatoms. The molecule has 0 N–H and O–H groups in total. The largest absolute Gasteiger partial charge is 0.0638 e. The van der Waals surface area contributed by atoms with Crippen LogP contribution < -0.4 is 0 Å².